The van der Waals surface area contributed by atoms with Gasteiger partial charge in [-0.2, -0.15) is 0 Å². The summed E-state index contributed by atoms with van der Waals surface area (Å²) in [5.41, 5.74) is 0.161. The van der Waals surface area contributed by atoms with Crippen molar-refractivity contribution < 1.29 is 17.2 Å². The van der Waals surface area contributed by atoms with Crippen LogP contribution < -0.4 is 10.6 Å². The van der Waals surface area contributed by atoms with Crippen molar-refractivity contribution in [3.8, 4) is 0 Å². The fourth-order valence-corrected chi connectivity index (χ4v) is 3.53. The highest BCUT2D eigenvalue weighted by Crippen LogP contribution is 2.09. The molecule has 0 spiro atoms. The molecule has 0 amide bonds. The average molecular weight is 490 g/mol. The summed E-state index contributed by atoms with van der Waals surface area (Å²) in [6.45, 7) is 4.59. The predicted octanol–water partition coefficient (Wildman–Crippen LogP) is 1.92. The maximum Gasteiger partial charge on any atom is 0.215 e. The number of halogens is 3. The lowest BCUT2D eigenvalue weighted by atomic mass is 10.2. The quantitative estimate of drug-likeness (QED) is 0.332. The lowest BCUT2D eigenvalue weighted by molar-refractivity contribution is 0.445. The summed E-state index contributed by atoms with van der Waals surface area (Å²) in [5, 5.41) is 5.67. The maximum atomic E-state index is 13.5. The molecule has 10 heteroatoms. The minimum absolute atomic E-state index is 0. The summed E-state index contributed by atoms with van der Waals surface area (Å²) < 4.78 is 52.2. The number of benzene rings is 1. The minimum atomic E-state index is -3.33. The molecular weight excluding hydrogens is 465 g/mol. The van der Waals surface area contributed by atoms with Crippen LogP contribution in [0.15, 0.2) is 23.2 Å². The number of rotatable bonds is 8. The van der Waals surface area contributed by atoms with Gasteiger partial charge in [0.05, 0.1) is 5.75 Å². The van der Waals surface area contributed by atoms with Crippen LogP contribution in [0.5, 0.6) is 0 Å². The zero-order valence-corrected chi connectivity index (χ0v) is 17.7. The van der Waals surface area contributed by atoms with Crippen molar-refractivity contribution in [2.75, 3.05) is 32.4 Å². The normalized spacial score (nSPS) is 12.0. The Balaban J connectivity index is 0.00000576. The van der Waals surface area contributed by atoms with Crippen molar-refractivity contribution in [2.24, 2.45) is 4.99 Å². The molecule has 0 saturated carbocycles. The third-order valence-corrected chi connectivity index (χ3v) is 5.45. The molecule has 0 unspecified atom stereocenters. The third kappa shape index (κ3) is 7.82. The minimum Gasteiger partial charge on any atom is -0.355 e. The van der Waals surface area contributed by atoms with Gasteiger partial charge < -0.3 is 10.6 Å². The van der Waals surface area contributed by atoms with Gasteiger partial charge >= 0.3 is 0 Å². The summed E-state index contributed by atoms with van der Waals surface area (Å²) in [6, 6.07) is 3.20. The number of nitrogens with zero attached hydrogens (tertiary/aromatic N) is 2. The standard InChI is InChI=1S/C15H24F2N4O2S.HI/c1-4-21(5-2)24(22,23)9-8-19-15(18-3)20-11-12-10-13(16)6-7-14(12)17;/h6-7,10H,4-5,8-9,11H2,1-3H3,(H2,18,19,20);1H. The van der Waals surface area contributed by atoms with Crippen LogP contribution in [0.4, 0.5) is 8.78 Å². The Morgan fingerprint density at radius 3 is 2.40 bits per heavy atom. The van der Waals surface area contributed by atoms with Gasteiger partial charge in [0.2, 0.25) is 10.0 Å². The van der Waals surface area contributed by atoms with E-state index in [9.17, 15) is 17.2 Å². The first-order valence-electron chi connectivity index (χ1n) is 7.70. The van der Waals surface area contributed by atoms with Gasteiger partial charge in [0.1, 0.15) is 11.6 Å². The molecule has 1 aromatic rings. The highest BCUT2D eigenvalue weighted by Gasteiger charge is 2.18. The Labute approximate surface area is 165 Å². The predicted molar refractivity (Wildman–Crippen MR) is 107 cm³/mol. The van der Waals surface area contributed by atoms with E-state index < -0.39 is 21.7 Å². The molecule has 0 atom stereocenters. The summed E-state index contributed by atoms with van der Waals surface area (Å²) in [7, 11) is -1.82. The van der Waals surface area contributed by atoms with E-state index in [1.807, 2.05) is 0 Å². The van der Waals surface area contributed by atoms with Crippen LogP contribution in [0.1, 0.15) is 19.4 Å². The SMILES string of the molecule is CCN(CC)S(=O)(=O)CCNC(=NC)NCc1cc(F)ccc1F.I. The Morgan fingerprint density at radius 2 is 1.84 bits per heavy atom. The van der Waals surface area contributed by atoms with E-state index in [1.165, 1.54) is 11.4 Å². The van der Waals surface area contributed by atoms with Crippen LogP contribution in [-0.4, -0.2) is 51.1 Å². The molecule has 25 heavy (non-hydrogen) atoms. The van der Waals surface area contributed by atoms with Gasteiger partial charge in [-0.1, -0.05) is 13.8 Å². The first-order chi connectivity index (χ1) is 11.3. The topological polar surface area (TPSA) is 73.8 Å². The molecular formula is C15H25F2IN4O2S. The Bertz CT molecular complexity index is 667. The number of aliphatic imine (C=N–C) groups is 1. The van der Waals surface area contributed by atoms with Crippen molar-refractivity contribution >= 4 is 40.0 Å². The molecule has 0 aromatic heterocycles. The van der Waals surface area contributed by atoms with Crippen molar-refractivity contribution in [2.45, 2.75) is 20.4 Å². The Hall–Kier alpha value is -1.01. The van der Waals surface area contributed by atoms with E-state index in [4.69, 9.17) is 0 Å². The van der Waals surface area contributed by atoms with Gasteiger partial charge in [0, 0.05) is 38.8 Å². The van der Waals surface area contributed by atoms with Gasteiger partial charge in [-0.15, -0.1) is 24.0 Å². The average Bonchev–Trinajstić information content (AvgIpc) is 2.54. The van der Waals surface area contributed by atoms with Crippen LogP contribution in [0.2, 0.25) is 0 Å². The van der Waals surface area contributed by atoms with E-state index in [2.05, 4.69) is 15.6 Å². The zero-order valence-electron chi connectivity index (χ0n) is 14.6. The molecule has 0 fully saturated rings. The molecule has 1 aromatic carbocycles. The number of nitrogens with one attached hydrogen (secondary N) is 2. The van der Waals surface area contributed by atoms with E-state index in [1.54, 1.807) is 13.8 Å². The maximum absolute atomic E-state index is 13.5. The first kappa shape index (κ1) is 24.0. The molecule has 0 heterocycles. The van der Waals surface area contributed by atoms with Crippen molar-refractivity contribution in [3.05, 3.63) is 35.4 Å². The van der Waals surface area contributed by atoms with Gasteiger partial charge in [-0.25, -0.2) is 21.5 Å². The molecule has 0 radical (unpaired) electrons. The smallest absolute Gasteiger partial charge is 0.215 e. The molecule has 0 aliphatic rings. The lowest BCUT2D eigenvalue weighted by Crippen LogP contribution is -2.42. The molecule has 2 N–H and O–H groups in total. The van der Waals surface area contributed by atoms with Crippen LogP contribution in [0.25, 0.3) is 0 Å². The summed E-state index contributed by atoms with van der Waals surface area (Å²) in [4.78, 5) is 3.93. The first-order valence-corrected chi connectivity index (χ1v) is 9.31. The van der Waals surface area contributed by atoms with Crippen molar-refractivity contribution in [1.82, 2.24) is 14.9 Å². The molecule has 0 aliphatic carbocycles. The molecule has 0 aliphatic heterocycles. The fourth-order valence-electron chi connectivity index (χ4n) is 2.12. The van der Waals surface area contributed by atoms with E-state index in [0.29, 0.717) is 19.0 Å². The van der Waals surface area contributed by atoms with E-state index in [-0.39, 0.29) is 48.4 Å². The second-order valence-corrected chi connectivity index (χ2v) is 7.08. The Kier molecular flexibility index (Phi) is 11.1. The van der Waals surface area contributed by atoms with Crippen LogP contribution in [0, 0.1) is 11.6 Å². The highest BCUT2D eigenvalue weighted by molar-refractivity contribution is 14.0. The van der Waals surface area contributed by atoms with Crippen LogP contribution in [-0.2, 0) is 16.6 Å². The monoisotopic (exact) mass is 490 g/mol. The lowest BCUT2D eigenvalue weighted by Gasteiger charge is -2.19. The fraction of sp³-hybridized carbons (Fsp3) is 0.533. The highest BCUT2D eigenvalue weighted by atomic mass is 127. The molecule has 6 nitrogen and oxygen atoms in total. The largest absolute Gasteiger partial charge is 0.355 e. The zero-order chi connectivity index (χ0) is 18.2. The van der Waals surface area contributed by atoms with Gasteiger partial charge in [0.15, 0.2) is 5.96 Å². The van der Waals surface area contributed by atoms with Crippen LogP contribution >= 0.6 is 24.0 Å². The van der Waals surface area contributed by atoms with Gasteiger partial charge in [0.25, 0.3) is 0 Å². The second kappa shape index (κ2) is 11.6. The van der Waals surface area contributed by atoms with Crippen LogP contribution in [0.3, 0.4) is 0 Å². The summed E-state index contributed by atoms with van der Waals surface area (Å²) in [6.07, 6.45) is 0. The third-order valence-electron chi connectivity index (χ3n) is 3.43. The van der Waals surface area contributed by atoms with E-state index in [0.717, 1.165) is 18.2 Å². The molecule has 0 saturated heterocycles. The van der Waals surface area contributed by atoms with E-state index >= 15 is 0 Å². The van der Waals surface area contributed by atoms with Gasteiger partial charge in [-0.05, 0) is 18.2 Å². The number of hydrogen-bond donors (Lipinski definition) is 2. The molecule has 144 valence electrons. The summed E-state index contributed by atoms with van der Waals surface area (Å²) in [5.74, 6) is -0.817. The molecule has 1 rings (SSSR count). The number of sulfonamides is 1. The molecule has 0 bridgehead atoms. The van der Waals surface area contributed by atoms with Gasteiger partial charge in [-0.3, -0.25) is 4.99 Å². The summed E-state index contributed by atoms with van der Waals surface area (Å²) >= 11 is 0. The van der Waals surface area contributed by atoms with Crippen molar-refractivity contribution in [1.29, 1.82) is 0 Å². The van der Waals surface area contributed by atoms with Crippen molar-refractivity contribution in [3.63, 3.8) is 0 Å². The second-order valence-electron chi connectivity index (χ2n) is 4.99. The number of guanidine groups is 1. The number of hydrogen-bond acceptors (Lipinski definition) is 3. The Morgan fingerprint density at radius 1 is 1.20 bits per heavy atom.